The Balaban J connectivity index is 1.14. The van der Waals surface area contributed by atoms with Crippen LogP contribution in [0.15, 0.2) is 95.4 Å². The zero-order chi connectivity index (χ0) is 26.5. The molecular weight excluding hydrogens is 521 g/mol. The highest BCUT2D eigenvalue weighted by Crippen LogP contribution is 2.31. The molecule has 0 radical (unpaired) electrons. The van der Waals surface area contributed by atoms with Crippen molar-refractivity contribution in [1.29, 1.82) is 0 Å². The fraction of sp³-hybridized carbons (Fsp3) is 0.133. The van der Waals surface area contributed by atoms with E-state index < -0.39 is 0 Å². The monoisotopic (exact) mass is 545 g/mol. The van der Waals surface area contributed by atoms with Crippen LogP contribution in [0.3, 0.4) is 0 Å². The van der Waals surface area contributed by atoms with Gasteiger partial charge in [0.15, 0.2) is 5.76 Å². The lowest BCUT2D eigenvalue weighted by atomic mass is 10.2. The van der Waals surface area contributed by atoms with Crippen LogP contribution in [0, 0.1) is 0 Å². The van der Waals surface area contributed by atoms with Crippen LogP contribution in [0.5, 0.6) is 0 Å². The molecule has 0 bridgehead atoms. The highest BCUT2D eigenvalue weighted by atomic mass is 35.5. The van der Waals surface area contributed by atoms with Gasteiger partial charge in [-0.2, -0.15) is 0 Å². The Bertz CT molecular complexity index is 1460. The van der Waals surface area contributed by atoms with Crippen molar-refractivity contribution in [1.82, 2.24) is 4.90 Å². The second-order valence-electron chi connectivity index (χ2n) is 8.85. The summed E-state index contributed by atoms with van der Waals surface area (Å²) in [6, 6.07) is 25.8. The summed E-state index contributed by atoms with van der Waals surface area (Å²) in [6.45, 7) is 2.77. The molecule has 0 spiro atoms. The first-order valence-electron chi connectivity index (χ1n) is 12.2. The first-order chi connectivity index (χ1) is 18.5. The Labute approximate surface area is 231 Å². The molecule has 1 aromatic heterocycles. The third kappa shape index (κ3) is 6.10. The Kier molecular flexibility index (Phi) is 7.82. The SMILES string of the molecule is O=C(Nc1ccc(N2CCN(C(=O)/C=C/c3ccccc3)CC2)cc1)c1ccc(-c2ccc(Cl)cc2Cl)o1. The average Bonchev–Trinajstić information content (AvgIpc) is 3.43. The molecule has 6 nitrogen and oxygen atoms in total. The van der Waals surface area contributed by atoms with Crippen LogP contribution < -0.4 is 10.2 Å². The molecule has 0 saturated carbocycles. The molecule has 2 amide bonds. The number of carbonyl (C=O) groups is 2. The van der Waals surface area contributed by atoms with Crippen molar-refractivity contribution in [3.05, 3.63) is 112 Å². The maximum Gasteiger partial charge on any atom is 0.291 e. The minimum absolute atomic E-state index is 0.0194. The molecular formula is C30H25Cl2N3O3. The van der Waals surface area contributed by atoms with E-state index in [2.05, 4.69) is 10.2 Å². The van der Waals surface area contributed by atoms with Crippen LogP contribution in [0.4, 0.5) is 11.4 Å². The summed E-state index contributed by atoms with van der Waals surface area (Å²) >= 11 is 12.2. The molecule has 38 heavy (non-hydrogen) atoms. The van der Waals surface area contributed by atoms with Crippen molar-refractivity contribution in [2.45, 2.75) is 0 Å². The lowest BCUT2D eigenvalue weighted by Gasteiger charge is -2.35. The Morgan fingerprint density at radius 1 is 0.842 bits per heavy atom. The molecule has 1 aliphatic heterocycles. The standard InChI is InChI=1S/C30H25Cl2N3O3/c31-22-7-12-25(26(32)20-22)27-13-14-28(38-27)30(37)33-23-8-10-24(11-9-23)34-16-18-35(19-17-34)29(36)15-6-21-4-2-1-3-5-21/h1-15,20H,16-19H2,(H,33,37)/b15-6+. The number of amides is 2. The first-order valence-corrected chi connectivity index (χ1v) is 13.0. The van der Waals surface area contributed by atoms with Crippen LogP contribution in [-0.2, 0) is 4.79 Å². The van der Waals surface area contributed by atoms with Crippen molar-refractivity contribution < 1.29 is 14.0 Å². The summed E-state index contributed by atoms with van der Waals surface area (Å²) in [5, 5.41) is 3.83. The molecule has 0 aliphatic carbocycles. The van der Waals surface area contributed by atoms with E-state index in [1.165, 1.54) is 0 Å². The van der Waals surface area contributed by atoms with Crippen molar-refractivity contribution in [2.24, 2.45) is 0 Å². The molecule has 1 fully saturated rings. The summed E-state index contributed by atoms with van der Waals surface area (Å²) in [7, 11) is 0. The van der Waals surface area contributed by atoms with Gasteiger partial charge in [0.05, 0.1) is 5.02 Å². The molecule has 0 unspecified atom stereocenters. The maximum absolute atomic E-state index is 12.7. The Morgan fingerprint density at radius 2 is 1.58 bits per heavy atom. The predicted molar refractivity (Wildman–Crippen MR) is 153 cm³/mol. The number of anilines is 2. The average molecular weight is 546 g/mol. The van der Waals surface area contributed by atoms with Gasteiger partial charge in [-0.15, -0.1) is 0 Å². The highest BCUT2D eigenvalue weighted by Gasteiger charge is 2.20. The smallest absolute Gasteiger partial charge is 0.291 e. The van der Waals surface area contributed by atoms with Crippen LogP contribution in [-0.4, -0.2) is 42.9 Å². The topological polar surface area (TPSA) is 65.8 Å². The lowest BCUT2D eigenvalue weighted by molar-refractivity contribution is -0.126. The van der Waals surface area contributed by atoms with E-state index in [9.17, 15) is 9.59 Å². The Morgan fingerprint density at radius 3 is 2.29 bits per heavy atom. The minimum Gasteiger partial charge on any atom is -0.451 e. The first kappa shape index (κ1) is 25.6. The number of carbonyl (C=O) groups excluding carboxylic acids is 2. The normalized spacial score (nSPS) is 13.6. The summed E-state index contributed by atoms with van der Waals surface area (Å²) < 4.78 is 5.73. The summed E-state index contributed by atoms with van der Waals surface area (Å²) in [6.07, 6.45) is 3.48. The van der Waals surface area contributed by atoms with Gasteiger partial charge in [0.25, 0.3) is 5.91 Å². The van der Waals surface area contributed by atoms with E-state index in [0.717, 1.165) is 24.3 Å². The minimum atomic E-state index is -0.357. The maximum atomic E-state index is 12.7. The van der Waals surface area contributed by atoms with Crippen LogP contribution in [0.2, 0.25) is 10.0 Å². The lowest BCUT2D eigenvalue weighted by Crippen LogP contribution is -2.48. The van der Waals surface area contributed by atoms with Crippen LogP contribution in [0.1, 0.15) is 16.1 Å². The predicted octanol–water partition coefficient (Wildman–Crippen LogP) is 6.87. The second kappa shape index (κ2) is 11.6. The van der Waals surface area contributed by atoms with Gasteiger partial charge in [-0.3, -0.25) is 9.59 Å². The van der Waals surface area contributed by atoms with Gasteiger partial charge < -0.3 is 19.5 Å². The fourth-order valence-corrected chi connectivity index (χ4v) is 4.77. The number of nitrogens with zero attached hydrogens (tertiary/aromatic N) is 2. The molecule has 1 saturated heterocycles. The highest BCUT2D eigenvalue weighted by molar-refractivity contribution is 6.36. The summed E-state index contributed by atoms with van der Waals surface area (Å²) in [5.74, 6) is 0.327. The zero-order valence-corrected chi connectivity index (χ0v) is 22.0. The third-order valence-corrected chi connectivity index (χ3v) is 6.87. The van der Waals surface area contributed by atoms with E-state index in [1.807, 2.05) is 65.6 Å². The summed E-state index contributed by atoms with van der Waals surface area (Å²) in [5.41, 5.74) is 3.35. The zero-order valence-electron chi connectivity index (χ0n) is 20.4. The molecule has 4 aromatic rings. The van der Waals surface area contributed by atoms with E-state index in [1.54, 1.807) is 36.4 Å². The van der Waals surface area contributed by atoms with Gasteiger partial charge in [0, 0.05) is 54.2 Å². The molecule has 1 aliphatic rings. The molecule has 0 atom stereocenters. The van der Waals surface area contributed by atoms with Gasteiger partial charge in [-0.25, -0.2) is 0 Å². The quantitative estimate of drug-likeness (QED) is 0.268. The number of piperazine rings is 1. The van der Waals surface area contributed by atoms with Gasteiger partial charge in [-0.1, -0.05) is 53.5 Å². The number of halogens is 2. The van der Waals surface area contributed by atoms with Gasteiger partial charge in [-0.05, 0) is 66.2 Å². The van der Waals surface area contributed by atoms with E-state index in [4.69, 9.17) is 27.6 Å². The molecule has 1 N–H and O–H groups in total. The molecule has 3 aromatic carbocycles. The number of benzene rings is 3. The van der Waals surface area contributed by atoms with Crippen molar-refractivity contribution in [3.63, 3.8) is 0 Å². The number of hydrogen-bond donors (Lipinski definition) is 1. The van der Waals surface area contributed by atoms with Gasteiger partial charge in [0.2, 0.25) is 5.91 Å². The molecule has 2 heterocycles. The number of furan rings is 1. The summed E-state index contributed by atoms with van der Waals surface area (Å²) in [4.78, 5) is 29.4. The number of rotatable bonds is 6. The molecule has 5 rings (SSSR count). The third-order valence-electron chi connectivity index (χ3n) is 6.33. The second-order valence-corrected chi connectivity index (χ2v) is 9.69. The number of hydrogen-bond acceptors (Lipinski definition) is 4. The van der Waals surface area contributed by atoms with E-state index >= 15 is 0 Å². The van der Waals surface area contributed by atoms with E-state index in [0.29, 0.717) is 40.1 Å². The van der Waals surface area contributed by atoms with Gasteiger partial charge >= 0.3 is 0 Å². The van der Waals surface area contributed by atoms with Crippen LogP contribution in [0.25, 0.3) is 17.4 Å². The van der Waals surface area contributed by atoms with Crippen LogP contribution >= 0.6 is 23.2 Å². The molecule has 192 valence electrons. The van der Waals surface area contributed by atoms with Crippen molar-refractivity contribution in [3.8, 4) is 11.3 Å². The van der Waals surface area contributed by atoms with E-state index in [-0.39, 0.29) is 17.6 Å². The molecule has 8 heteroatoms. The Hall–Kier alpha value is -4.00. The van der Waals surface area contributed by atoms with Gasteiger partial charge in [0.1, 0.15) is 5.76 Å². The van der Waals surface area contributed by atoms with Crippen molar-refractivity contribution >= 4 is 52.5 Å². The fourth-order valence-electron chi connectivity index (χ4n) is 4.26. The number of nitrogens with one attached hydrogen (secondary N) is 1. The van der Waals surface area contributed by atoms with Crippen molar-refractivity contribution in [2.75, 3.05) is 36.4 Å². The largest absolute Gasteiger partial charge is 0.451 e.